The van der Waals surface area contributed by atoms with Crippen molar-refractivity contribution in [3.63, 3.8) is 0 Å². The Morgan fingerprint density at radius 3 is 2.87 bits per heavy atom. The lowest BCUT2D eigenvalue weighted by atomic mass is 10.1. The van der Waals surface area contributed by atoms with Crippen LogP contribution in [0.1, 0.15) is 38.5 Å². The fraction of sp³-hybridized carbons (Fsp3) is 1.00. The fourth-order valence-corrected chi connectivity index (χ4v) is 1.80. The minimum atomic E-state index is 0.293. The topological polar surface area (TPSA) is 47.3 Å². The summed E-state index contributed by atoms with van der Waals surface area (Å²) in [5.74, 6) is 1.06. The third kappa shape index (κ3) is 7.77. The van der Waals surface area contributed by atoms with Crippen molar-refractivity contribution < 1.29 is 4.74 Å². The fourth-order valence-electron chi connectivity index (χ4n) is 1.80. The predicted octanol–water partition coefficient (Wildman–Crippen LogP) is 1.52. The van der Waals surface area contributed by atoms with E-state index in [9.17, 15) is 0 Å². The number of nitrogens with two attached hydrogens (primary N) is 1. The van der Waals surface area contributed by atoms with Crippen LogP contribution in [0.3, 0.4) is 0 Å². The van der Waals surface area contributed by atoms with E-state index in [1.807, 2.05) is 0 Å². The highest BCUT2D eigenvalue weighted by Gasteiger charge is 2.19. The molecule has 15 heavy (non-hydrogen) atoms. The second-order valence-corrected chi connectivity index (χ2v) is 4.68. The maximum Gasteiger partial charge on any atom is 0.0462 e. The number of nitrogens with one attached hydrogen (secondary N) is 1. The molecule has 1 fully saturated rings. The Morgan fingerprint density at radius 2 is 2.20 bits per heavy atom. The lowest BCUT2D eigenvalue weighted by Crippen LogP contribution is -2.34. The third-order valence-corrected chi connectivity index (χ3v) is 2.99. The van der Waals surface area contributed by atoms with Crippen molar-refractivity contribution in [3.05, 3.63) is 0 Å². The molecule has 1 rings (SSSR count). The van der Waals surface area contributed by atoms with Crippen molar-refractivity contribution in [2.45, 2.75) is 44.6 Å². The van der Waals surface area contributed by atoms with E-state index >= 15 is 0 Å². The summed E-state index contributed by atoms with van der Waals surface area (Å²) >= 11 is 0. The van der Waals surface area contributed by atoms with Crippen molar-refractivity contribution in [2.75, 3.05) is 26.8 Å². The summed E-state index contributed by atoms with van der Waals surface area (Å²) in [6.45, 7) is 2.91. The maximum atomic E-state index is 5.95. The molecule has 0 aromatic heterocycles. The molecule has 0 heterocycles. The van der Waals surface area contributed by atoms with E-state index in [4.69, 9.17) is 10.5 Å². The molecule has 3 N–H and O–H groups in total. The van der Waals surface area contributed by atoms with Crippen LogP contribution in [0, 0.1) is 5.92 Å². The second kappa shape index (κ2) is 8.08. The van der Waals surface area contributed by atoms with Gasteiger partial charge in [-0.3, -0.25) is 0 Å². The highest BCUT2D eigenvalue weighted by Crippen LogP contribution is 2.33. The molecule has 0 aliphatic heterocycles. The van der Waals surface area contributed by atoms with E-state index < -0.39 is 0 Å². The van der Waals surface area contributed by atoms with E-state index in [-0.39, 0.29) is 0 Å². The Kier molecular flexibility index (Phi) is 6.98. The highest BCUT2D eigenvalue weighted by molar-refractivity contribution is 4.73. The number of ether oxygens (including phenoxy) is 1. The van der Waals surface area contributed by atoms with E-state index in [2.05, 4.69) is 5.32 Å². The summed E-state index contributed by atoms with van der Waals surface area (Å²) < 4.78 is 4.99. The standard InChI is InChI=1S/C12H26N2O/c1-15-9-3-5-12(13)10-14-8-2-4-11-6-7-11/h11-12,14H,2-10,13H2,1H3. The normalized spacial score (nSPS) is 18.0. The van der Waals surface area contributed by atoms with Gasteiger partial charge in [-0.1, -0.05) is 12.8 Å². The second-order valence-electron chi connectivity index (χ2n) is 4.68. The van der Waals surface area contributed by atoms with Crippen molar-refractivity contribution in [1.29, 1.82) is 0 Å². The molecule has 3 nitrogen and oxygen atoms in total. The van der Waals surface area contributed by atoms with Gasteiger partial charge in [-0.2, -0.15) is 0 Å². The van der Waals surface area contributed by atoms with Crippen LogP contribution in [0.5, 0.6) is 0 Å². The zero-order chi connectivity index (χ0) is 10.9. The minimum absolute atomic E-state index is 0.293. The first kappa shape index (κ1) is 12.9. The van der Waals surface area contributed by atoms with Crippen molar-refractivity contribution in [3.8, 4) is 0 Å². The Bertz CT molecular complexity index is 149. The average Bonchev–Trinajstić information content (AvgIpc) is 3.02. The van der Waals surface area contributed by atoms with Gasteiger partial charge < -0.3 is 15.8 Å². The van der Waals surface area contributed by atoms with Crippen molar-refractivity contribution >= 4 is 0 Å². The molecule has 0 amide bonds. The lowest BCUT2D eigenvalue weighted by molar-refractivity contribution is 0.190. The Hall–Kier alpha value is -0.120. The van der Waals surface area contributed by atoms with Crippen molar-refractivity contribution in [2.24, 2.45) is 11.7 Å². The van der Waals surface area contributed by atoms with Crippen LogP contribution in [0.15, 0.2) is 0 Å². The summed E-state index contributed by atoms with van der Waals surface area (Å²) in [6, 6.07) is 0.293. The van der Waals surface area contributed by atoms with Crippen LogP contribution in [0.2, 0.25) is 0 Å². The quantitative estimate of drug-likeness (QED) is 0.542. The van der Waals surface area contributed by atoms with Gasteiger partial charge in [0, 0.05) is 26.3 Å². The van der Waals surface area contributed by atoms with Gasteiger partial charge in [-0.15, -0.1) is 0 Å². The maximum absolute atomic E-state index is 5.95. The smallest absolute Gasteiger partial charge is 0.0462 e. The zero-order valence-electron chi connectivity index (χ0n) is 10.0. The molecule has 1 atom stereocenters. The Labute approximate surface area is 93.8 Å². The molecular formula is C12H26N2O. The van der Waals surface area contributed by atoms with Gasteiger partial charge in [-0.05, 0) is 38.1 Å². The van der Waals surface area contributed by atoms with Gasteiger partial charge in [0.2, 0.25) is 0 Å². The Balaban J connectivity index is 1.76. The molecule has 0 bridgehead atoms. The van der Waals surface area contributed by atoms with Crippen LogP contribution >= 0.6 is 0 Å². The average molecular weight is 214 g/mol. The molecule has 1 aliphatic carbocycles. The first-order chi connectivity index (χ1) is 7.33. The van der Waals surface area contributed by atoms with Crippen LogP contribution in [-0.4, -0.2) is 32.8 Å². The van der Waals surface area contributed by atoms with E-state index in [1.54, 1.807) is 7.11 Å². The lowest BCUT2D eigenvalue weighted by Gasteiger charge is -2.12. The van der Waals surface area contributed by atoms with Gasteiger partial charge in [-0.25, -0.2) is 0 Å². The van der Waals surface area contributed by atoms with E-state index in [1.165, 1.54) is 25.7 Å². The van der Waals surface area contributed by atoms with E-state index in [0.29, 0.717) is 6.04 Å². The van der Waals surface area contributed by atoms with Crippen LogP contribution in [0.25, 0.3) is 0 Å². The molecule has 0 aromatic rings. The molecular weight excluding hydrogens is 188 g/mol. The zero-order valence-corrected chi connectivity index (χ0v) is 10.0. The number of hydrogen-bond acceptors (Lipinski definition) is 3. The molecule has 1 unspecified atom stereocenters. The molecule has 90 valence electrons. The summed E-state index contributed by atoms with van der Waals surface area (Å²) in [5, 5.41) is 3.43. The Morgan fingerprint density at radius 1 is 1.40 bits per heavy atom. The molecule has 1 saturated carbocycles. The first-order valence-corrected chi connectivity index (χ1v) is 6.28. The van der Waals surface area contributed by atoms with Crippen LogP contribution in [0.4, 0.5) is 0 Å². The molecule has 1 aliphatic rings. The van der Waals surface area contributed by atoms with Gasteiger partial charge in [0.25, 0.3) is 0 Å². The van der Waals surface area contributed by atoms with Crippen LogP contribution in [-0.2, 0) is 4.74 Å². The van der Waals surface area contributed by atoms with Gasteiger partial charge in [0.05, 0.1) is 0 Å². The molecule has 0 radical (unpaired) electrons. The van der Waals surface area contributed by atoms with Gasteiger partial charge in [0.1, 0.15) is 0 Å². The van der Waals surface area contributed by atoms with Gasteiger partial charge >= 0.3 is 0 Å². The summed E-state index contributed by atoms with van der Waals surface area (Å²) in [4.78, 5) is 0. The predicted molar refractivity (Wildman–Crippen MR) is 63.9 cm³/mol. The summed E-state index contributed by atoms with van der Waals surface area (Å²) in [5.41, 5.74) is 5.95. The minimum Gasteiger partial charge on any atom is -0.385 e. The molecule has 0 saturated heterocycles. The third-order valence-electron chi connectivity index (χ3n) is 2.99. The van der Waals surface area contributed by atoms with Gasteiger partial charge in [0.15, 0.2) is 0 Å². The molecule has 0 aromatic carbocycles. The summed E-state index contributed by atoms with van der Waals surface area (Å²) in [6.07, 6.45) is 7.79. The van der Waals surface area contributed by atoms with E-state index in [0.717, 1.165) is 38.5 Å². The van der Waals surface area contributed by atoms with Crippen LogP contribution < -0.4 is 11.1 Å². The SMILES string of the molecule is COCCCC(N)CNCCCC1CC1. The number of methoxy groups -OCH3 is 1. The molecule has 0 spiro atoms. The largest absolute Gasteiger partial charge is 0.385 e. The van der Waals surface area contributed by atoms with Crippen molar-refractivity contribution in [1.82, 2.24) is 5.32 Å². The first-order valence-electron chi connectivity index (χ1n) is 6.28. The number of rotatable bonds is 10. The molecule has 3 heteroatoms. The summed E-state index contributed by atoms with van der Waals surface area (Å²) in [7, 11) is 1.74. The highest BCUT2D eigenvalue weighted by atomic mass is 16.5. The monoisotopic (exact) mass is 214 g/mol. The number of hydrogen-bond donors (Lipinski definition) is 2.